The molecule has 2 rings (SSSR count). The molecule has 0 saturated carbocycles. The predicted molar refractivity (Wildman–Crippen MR) is 58.1 cm³/mol. The van der Waals surface area contributed by atoms with Crippen molar-refractivity contribution in [2.75, 3.05) is 0 Å². The first-order valence-corrected chi connectivity index (χ1v) is 5.14. The zero-order chi connectivity index (χ0) is 11.1. The highest BCUT2D eigenvalue weighted by Crippen LogP contribution is 2.34. The molecule has 78 valence electrons. The first-order chi connectivity index (χ1) is 7.06. The zero-order valence-corrected chi connectivity index (χ0v) is 9.61. The number of benzene rings is 1. The van der Waals surface area contributed by atoms with Gasteiger partial charge in [-0.15, -0.1) is 0 Å². The molecule has 15 heavy (non-hydrogen) atoms. The lowest BCUT2D eigenvalue weighted by molar-refractivity contribution is -0.124. The van der Waals surface area contributed by atoms with Crippen LogP contribution in [0.15, 0.2) is 30.3 Å². The van der Waals surface area contributed by atoms with E-state index in [2.05, 4.69) is 21.5 Å². The van der Waals surface area contributed by atoms with Gasteiger partial charge in [0.25, 0.3) is 5.91 Å². The third kappa shape index (κ3) is 1.34. The summed E-state index contributed by atoms with van der Waals surface area (Å²) in [5.41, 5.74) is -0.205. The Morgan fingerprint density at radius 3 is 2.33 bits per heavy atom. The molecule has 0 radical (unpaired) electrons. The van der Waals surface area contributed by atoms with Gasteiger partial charge in [-0.1, -0.05) is 30.3 Å². The van der Waals surface area contributed by atoms with E-state index in [1.165, 1.54) is 3.93 Å². The smallest absolute Gasteiger partial charge is 0.275 e. The molecule has 1 aromatic carbocycles. The highest BCUT2D eigenvalue weighted by molar-refractivity contribution is 9.07. The maximum absolute atomic E-state index is 11.7. The first kappa shape index (κ1) is 10.2. The van der Waals surface area contributed by atoms with Crippen molar-refractivity contribution in [1.29, 1.82) is 0 Å². The fourth-order valence-electron chi connectivity index (χ4n) is 1.57. The summed E-state index contributed by atoms with van der Waals surface area (Å²) in [4.78, 5) is 23.0. The molecule has 1 heterocycles. The number of carbonyl (C=O) groups is 2. The number of nitrogens with one attached hydrogen (secondary N) is 1. The van der Waals surface area contributed by atoms with Crippen molar-refractivity contribution in [3.05, 3.63) is 35.9 Å². The summed E-state index contributed by atoms with van der Waals surface area (Å²) in [5, 5.41) is 2.26. The van der Waals surface area contributed by atoms with Crippen LogP contribution in [-0.4, -0.2) is 15.9 Å². The summed E-state index contributed by atoms with van der Waals surface area (Å²) in [7, 11) is 0. The van der Waals surface area contributed by atoms with E-state index in [0.717, 1.165) is 5.56 Å². The Morgan fingerprint density at radius 1 is 1.27 bits per heavy atom. The summed E-state index contributed by atoms with van der Waals surface area (Å²) < 4.78 is 1.23. The van der Waals surface area contributed by atoms with Gasteiger partial charge in [-0.25, -0.2) is 8.72 Å². The molecule has 1 aliphatic rings. The summed E-state index contributed by atoms with van der Waals surface area (Å²) in [5.74, 6) is -0.324. The maximum atomic E-state index is 11.7. The van der Waals surface area contributed by atoms with Crippen LogP contribution < -0.4 is 5.32 Å². The molecule has 3 amide bonds. The van der Waals surface area contributed by atoms with Crippen LogP contribution >= 0.6 is 16.1 Å². The average molecular weight is 269 g/mol. The fraction of sp³-hybridized carbons (Fsp3) is 0.200. The zero-order valence-electron chi connectivity index (χ0n) is 8.03. The molecule has 4 nitrogen and oxygen atoms in total. The third-order valence-electron chi connectivity index (χ3n) is 2.57. The molecule has 5 heteroatoms. The fourth-order valence-corrected chi connectivity index (χ4v) is 2.02. The second kappa shape index (κ2) is 3.34. The van der Waals surface area contributed by atoms with Gasteiger partial charge in [0.1, 0.15) is 0 Å². The van der Waals surface area contributed by atoms with Crippen LogP contribution in [0.1, 0.15) is 12.5 Å². The van der Waals surface area contributed by atoms with E-state index in [4.69, 9.17) is 0 Å². The maximum Gasteiger partial charge on any atom is 0.335 e. The van der Waals surface area contributed by atoms with Crippen LogP contribution in [0.4, 0.5) is 4.79 Å². The standard InChI is InChI=1S/C10H9BrN2O2/c1-10(7-5-3-2-4-6-7)8(14)12-9(15)13(10)11/h2-6H,1H3,(H,12,14,15). The van der Waals surface area contributed by atoms with Crippen molar-refractivity contribution in [3.63, 3.8) is 0 Å². The Balaban J connectivity index is 2.51. The van der Waals surface area contributed by atoms with Crippen molar-refractivity contribution >= 4 is 28.1 Å². The molecule has 0 aliphatic carbocycles. The second-order valence-electron chi connectivity index (χ2n) is 3.48. The Bertz CT molecular complexity index is 421. The quantitative estimate of drug-likeness (QED) is 0.624. The molecule has 1 aliphatic heterocycles. The molecular weight excluding hydrogens is 260 g/mol. The number of rotatable bonds is 1. The van der Waals surface area contributed by atoms with Gasteiger partial charge in [-0.05, 0) is 12.5 Å². The van der Waals surface area contributed by atoms with E-state index in [-0.39, 0.29) is 5.91 Å². The average Bonchev–Trinajstić information content (AvgIpc) is 2.45. The van der Waals surface area contributed by atoms with Crippen LogP contribution in [0, 0.1) is 0 Å². The minimum atomic E-state index is -0.974. The Morgan fingerprint density at radius 2 is 1.87 bits per heavy atom. The number of urea groups is 1. The number of hydrogen-bond acceptors (Lipinski definition) is 2. The highest BCUT2D eigenvalue weighted by Gasteiger charge is 2.49. The van der Waals surface area contributed by atoms with E-state index in [1.54, 1.807) is 6.92 Å². The van der Waals surface area contributed by atoms with Gasteiger partial charge in [0.15, 0.2) is 5.54 Å². The van der Waals surface area contributed by atoms with Crippen molar-refractivity contribution in [3.8, 4) is 0 Å². The number of amides is 3. The lowest BCUT2D eigenvalue weighted by Gasteiger charge is -2.26. The van der Waals surface area contributed by atoms with Crippen LogP contribution in [0.5, 0.6) is 0 Å². The van der Waals surface area contributed by atoms with Crippen LogP contribution in [0.3, 0.4) is 0 Å². The molecule has 1 saturated heterocycles. The van der Waals surface area contributed by atoms with E-state index in [9.17, 15) is 9.59 Å². The van der Waals surface area contributed by atoms with Gasteiger partial charge in [0.2, 0.25) is 0 Å². The SMILES string of the molecule is CC1(c2ccccc2)C(=O)NC(=O)N1Br. The summed E-state index contributed by atoms with van der Waals surface area (Å²) in [6, 6.07) is 8.71. The first-order valence-electron chi connectivity index (χ1n) is 4.44. The van der Waals surface area contributed by atoms with E-state index in [0.29, 0.717) is 0 Å². The van der Waals surface area contributed by atoms with Crippen molar-refractivity contribution in [1.82, 2.24) is 9.24 Å². The Hall–Kier alpha value is -1.36. The van der Waals surface area contributed by atoms with Gasteiger partial charge in [-0.3, -0.25) is 10.1 Å². The highest BCUT2D eigenvalue weighted by atomic mass is 79.9. The van der Waals surface area contributed by atoms with Crippen LogP contribution in [-0.2, 0) is 10.3 Å². The minimum Gasteiger partial charge on any atom is -0.275 e. The number of carbonyl (C=O) groups excluding carboxylic acids is 2. The molecule has 1 atom stereocenters. The molecule has 1 fully saturated rings. The Kier molecular flexibility index (Phi) is 2.26. The molecule has 0 spiro atoms. The van der Waals surface area contributed by atoms with E-state index < -0.39 is 11.6 Å². The molecular formula is C10H9BrN2O2. The summed E-state index contributed by atoms with van der Waals surface area (Å²) in [6.45, 7) is 1.69. The minimum absolute atomic E-state index is 0.324. The van der Waals surface area contributed by atoms with E-state index in [1.807, 2.05) is 30.3 Å². The number of imide groups is 1. The summed E-state index contributed by atoms with van der Waals surface area (Å²) >= 11 is 3.10. The number of halogens is 1. The van der Waals surface area contributed by atoms with Crippen molar-refractivity contribution < 1.29 is 9.59 Å². The van der Waals surface area contributed by atoms with Gasteiger partial charge in [-0.2, -0.15) is 0 Å². The van der Waals surface area contributed by atoms with Gasteiger partial charge in [0, 0.05) is 0 Å². The number of hydrogen-bond donors (Lipinski definition) is 1. The van der Waals surface area contributed by atoms with E-state index >= 15 is 0 Å². The number of nitrogens with zero attached hydrogens (tertiary/aromatic N) is 1. The largest absolute Gasteiger partial charge is 0.335 e. The third-order valence-corrected chi connectivity index (χ3v) is 3.60. The summed E-state index contributed by atoms with van der Waals surface area (Å²) in [6.07, 6.45) is 0. The topological polar surface area (TPSA) is 49.4 Å². The molecule has 1 N–H and O–H groups in total. The normalized spacial score (nSPS) is 25.6. The monoisotopic (exact) mass is 268 g/mol. The molecule has 1 unspecified atom stereocenters. The second-order valence-corrected chi connectivity index (χ2v) is 4.19. The predicted octanol–water partition coefficient (Wildman–Crippen LogP) is 1.76. The van der Waals surface area contributed by atoms with Crippen LogP contribution in [0.2, 0.25) is 0 Å². The Labute approximate surface area is 95.6 Å². The van der Waals surface area contributed by atoms with Crippen LogP contribution in [0.25, 0.3) is 0 Å². The molecule has 0 aromatic heterocycles. The van der Waals surface area contributed by atoms with Gasteiger partial charge in [0.05, 0.1) is 16.1 Å². The van der Waals surface area contributed by atoms with Crippen molar-refractivity contribution in [2.24, 2.45) is 0 Å². The lowest BCUT2D eigenvalue weighted by Crippen LogP contribution is -2.38. The molecule has 0 bridgehead atoms. The lowest BCUT2D eigenvalue weighted by atomic mass is 9.92. The molecule has 1 aromatic rings. The van der Waals surface area contributed by atoms with Gasteiger partial charge >= 0.3 is 6.03 Å². The van der Waals surface area contributed by atoms with Gasteiger partial charge < -0.3 is 0 Å². The van der Waals surface area contributed by atoms with Crippen molar-refractivity contribution in [2.45, 2.75) is 12.5 Å².